The number of aromatic carboxylic acids is 1. The molecule has 3 aromatic rings. The normalized spacial score (nSPS) is 10.8. The van der Waals surface area contributed by atoms with Crippen molar-refractivity contribution < 1.29 is 9.90 Å². The predicted octanol–water partition coefficient (Wildman–Crippen LogP) is 4.37. The number of aromatic nitrogens is 2. The van der Waals surface area contributed by atoms with Crippen molar-refractivity contribution in [3.8, 4) is 16.3 Å². The summed E-state index contributed by atoms with van der Waals surface area (Å²) in [4.78, 5) is 12.4. The van der Waals surface area contributed by atoms with Crippen LogP contribution in [-0.4, -0.2) is 20.9 Å². The Labute approximate surface area is 133 Å². The second-order valence-corrected chi connectivity index (χ2v) is 6.30. The molecule has 0 saturated carbocycles. The molecule has 0 radical (unpaired) electrons. The molecule has 3 rings (SSSR count). The van der Waals surface area contributed by atoms with Crippen LogP contribution in [0.1, 0.15) is 15.9 Å². The van der Waals surface area contributed by atoms with Crippen LogP contribution >= 0.6 is 27.3 Å². The summed E-state index contributed by atoms with van der Waals surface area (Å²) in [5.41, 5.74) is 2.54. The maximum atomic E-state index is 11.5. The molecule has 6 heteroatoms. The maximum absolute atomic E-state index is 11.5. The fourth-order valence-electron chi connectivity index (χ4n) is 2.07. The third-order valence-electron chi connectivity index (χ3n) is 3.12. The number of rotatable bonds is 3. The Morgan fingerprint density at radius 2 is 2.10 bits per heavy atom. The number of nitrogens with zero attached hydrogens (tertiary/aromatic N) is 2. The monoisotopic (exact) mass is 362 g/mol. The van der Waals surface area contributed by atoms with Gasteiger partial charge in [-0.2, -0.15) is 5.10 Å². The first-order valence-electron chi connectivity index (χ1n) is 6.20. The highest BCUT2D eigenvalue weighted by Gasteiger charge is 2.20. The lowest BCUT2D eigenvalue weighted by atomic mass is 10.2. The van der Waals surface area contributed by atoms with Gasteiger partial charge in [-0.25, -0.2) is 9.48 Å². The van der Waals surface area contributed by atoms with Crippen molar-refractivity contribution in [2.24, 2.45) is 0 Å². The minimum atomic E-state index is -0.976. The van der Waals surface area contributed by atoms with Crippen LogP contribution in [0.25, 0.3) is 16.3 Å². The van der Waals surface area contributed by atoms with Crippen molar-refractivity contribution in [3.05, 3.63) is 57.5 Å². The van der Waals surface area contributed by atoms with E-state index in [9.17, 15) is 9.90 Å². The third kappa shape index (κ3) is 2.52. The summed E-state index contributed by atoms with van der Waals surface area (Å²) >= 11 is 4.96. The van der Waals surface area contributed by atoms with Crippen molar-refractivity contribution in [3.63, 3.8) is 0 Å². The summed E-state index contributed by atoms with van der Waals surface area (Å²) in [7, 11) is 0. The summed E-state index contributed by atoms with van der Waals surface area (Å²) in [6, 6.07) is 9.53. The van der Waals surface area contributed by atoms with Gasteiger partial charge in [-0.1, -0.05) is 12.1 Å². The highest BCUT2D eigenvalue weighted by Crippen LogP contribution is 2.32. The molecule has 0 aliphatic rings. The molecule has 0 aliphatic heterocycles. The average Bonchev–Trinajstić information content (AvgIpc) is 3.05. The number of benzene rings is 1. The van der Waals surface area contributed by atoms with Gasteiger partial charge in [-0.05, 0) is 52.0 Å². The number of carboxylic acid groups (broad SMARTS) is 1. The number of hydrogen-bond acceptors (Lipinski definition) is 3. The smallest absolute Gasteiger partial charge is 0.339 e. The van der Waals surface area contributed by atoms with Gasteiger partial charge in [0.1, 0.15) is 11.3 Å². The maximum Gasteiger partial charge on any atom is 0.339 e. The Hall–Kier alpha value is -1.92. The molecule has 0 spiro atoms. The topological polar surface area (TPSA) is 55.1 Å². The highest BCUT2D eigenvalue weighted by molar-refractivity contribution is 9.10. The fourth-order valence-corrected chi connectivity index (χ4v) is 3.47. The molecule has 106 valence electrons. The van der Waals surface area contributed by atoms with E-state index < -0.39 is 5.97 Å². The first-order chi connectivity index (χ1) is 10.1. The van der Waals surface area contributed by atoms with Crippen molar-refractivity contribution in [2.45, 2.75) is 6.92 Å². The zero-order chi connectivity index (χ0) is 15.0. The number of halogens is 1. The Morgan fingerprint density at radius 3 is 2.71 bits per heavy atom. The molecule has 21 heavy (non-hydrogen) atoms. The number of para-hydroxylation sites is 1. The van der Waals surface area contributed by atoms with E-state index in [2.05, 4.69) is 21.0 Å². The van der Waals surface area contributed by atoms with E-state index in [0.717, 1.165) is 20.6 Å². The van der Waals surface area contributed by atoms with Crippen LogP contribution in [0.3, 0.4) is 0 Å². The van der Waals surface area contributed by atoms with Crippen molar-refractivity contribution >= 4 is 33.2 Å². The average molecular weight is 363 g/mol. The zero-order valence-electron chi connectivity index (χ0n) is 11.1. The lowest BCUT2D eigenvalue weighted by molar-refractivity contribution is 0.0697. The van der Waals surface area contributed by atoms with Gasteiger partial charge in [0.05, 0.1) is 10.6 Å². The molecule has 2 heterocycles. The van der Waals surface area contributed by atoms with Gasteiger partial charge in [0.15, 0.2) is 0 Å². The molecule has 0 fully saturated rings. The van der Waals surface area contributed by atoms with Gasteiger partial charge >= 0.3 is 5.97 Å². The standard InChI is InChI=1S/C15H11BrN2O2S/c1-9-6-7-21-14(9)13-10(15(19)20)8-18(17-13)12-5-3-2-4-11(12)16/h2-8H,1H3,(H,19,20). The number of carboxylic acids is 1. The van der Waals surface area contributed by atoms with Crippen LogP contribution in [-0.2, 0) is 0 Å². The van der Waals surface area contributed by atoms with Crippen LogP contribution in [0.5, 0.6) is 0 Å². The Morgan fingerprint density at radius 1 is 1.33 bits per heavy atom. The molecular weight excluding hydrogens is 352 g/mol. The Bertz CT molecular complexity index is 823. The Kier molecular flexibility index (Phi) is 3.65. The van der Waals surface area contributed by atoms with Gasteiger partial charge < -0.3 is 5.11 Å². The first-order valence-corrected chi connectivity index (χ1v) is 7.87. The molecule has 0 amide bonds. The Balaban J connectivity index is 2.21. The molecule has 0 saturated heterocycles. The van der Waals surface area contributed by atoms with Gasteiger partial charge in [-0.3, -0.25) is 0 Å². The summed E-state index contributed by atoms with van der Waals surface area (Å²) in [6.45, 7) is 1.95. The number of carbonyl (C=O) groups is 1. The minimum absolute atomic E-state index is 0.205. The molecule has 0 bridgehead atoms. The minimum Gasteiger partial charge on any atom is -0.478 e. The lowest BCUT2D eigenvalue weighted by Crippen LogP contribution is -1.96. The second-order valence-electron chi connectivity index (χ2n) is 4.53. The van der Waals surface area contributed by atoms with Gasteiger partial charge in [0.2, 0.25) is 0 Å². The van der Waals surface area contributed by atoms with Crippen molar-refractivity contribution in [1.82, 2.24) is 9.78 Å². The third-order valence-corrected chi connectivity index (χ3v) is 4.81. The summed E-state index contributed by atoms with van der Waals surface area (Å²) in [5.74, 6) is -0.976. The quantitative estimate of drug-likeness (QED) is 0.752. The molecule has 0 aliphatic carbocycles. The van der Waals surface area contributed by atoms with Crippen LogP contribution in [0.15, 0.2) is 46.4 Å². The van der Waals surface area contributed by atoms with Gasteiger partial charge in [0.25, 0.3) is 0 Å². The van der Waals surface area contributed by atoms with Gasteiger partial charge in [0, 0.05) is 10.7 Å². The SMILES string of the molecule is Cc1ccsc1-c1nn(-c2ccccc2Br)cc1C(=O)O. The van der Waals surface area contributed by atoms with Gasteiger partial charge in [-0.15, -0.1) is 11.3 Å². The van der Waals surface area contributed by atoms with Crippen LogP contribution in [0.4, 0.5) is 0 Å². The molecule has 0 atom stereocenters. The predicted molar refractivity (Wildman–Crippen MR) is 86.3 cm³/mol. The van der Waals surface area contributed by atoms with E-state index in [0.29, 0.717) is 5.69 Å². The summed E-state index contributed by atoms with van der Waals surface area (Å²) in [6.07, 6.45) is 1.55. The van der Waals surface area contributed by atoms with E-state index in [-0.39, 0.29) is 5.56 Å². The second kappa shape index (κ2) is 5.46. The van der Waals surface area contributed by atoms with E-state index >= 15 is 0 Å². The summed E-state index contributed by atoms with van der Waals surface area (Å²) < 4.78 is 2.46. The van der Waals surface area contributed by atoms with Crippen LogP contribution in [0.2, 0.25) is 0 Å². The van der Waals surface area contributed by atoms with Crippen LogP contribution in [0, 0.1) is 6.92 Å². The van der Waals surface area contributed by atoms with E-state index in [4.69, 9.17) is 0 Å². The zero-order valence-corrected chi connectivity index (χ0v) is 13.5. The number of thiophene rings is 1. The largest absolute Gasteiger partial charge is 0.478 e. The van der Waals surface area contributed by atoms with E-state index in [1.807, 2.05) is 42.6 Å². The molecular formula is C15H11BrN2O2S. The summed E-state index contributed by atoms with van der Waals surface area (Å²) in [5, 5.41) is 15.8. The first kappa shape index (κ1) is 14.0. The molecule has 1 aromatic carbocycles. The molecule has 4 nitrogen and oxygen atoms in total. The number of hydrogen-bond donors (Lipinski definition) is 1. The number of aryl methyl sites for hydroxylation is 1. The molecule has 1 N–H and O–H groups in total. The van der Waals surface area contributed by atoms with Crippen molar-refractivity contribution in [2.75, 3.05) is 0 Å². The lowest BCUT2D eigenvalue weighted by Gasteiger charge is -2.03. The fraction of sp³-hybridized carbons (Fsp3) is 0.0667. The molecule has 2 aromatic heterocycles. The highest BCUT2D eigenvalue weighted by atomic mass is 79.9. The van der Waals surface area contributed by atoms with Crippen molar-refractivity contribution in [1.29, 1.82) is 0 Å². The van der Waals surface area contributed by atoms with Crippen LogP contribution < -0.4 is 0 Å². The molecule has 0 unspecified atom stereocenters. The van der Waals surface area contributed by atoms with E-state index in [1.54, 1.807) is 10.9 Å². The van der Waals surface area contributed by atoms with E-state index in [1.165, 1.54) is 11.3 Å².